The van der Waals surface area contributed by atoms with Crippen molar-refractivity contribution in [2.45, 2.75) is 191 Å². The van der Waals surface area contributed by atoms with Crippen LogP contribution in [0.2, 0.25) is 10.0 Å². The number of aliphatic hydroxyl groups is 6. The van der Waals surface area contributed by atoms with Crippen LogP contribution in [0.25, 0.3) is 11.1 Å². The number of carbonyl (C=O) groups excluding carboxylic acids is 9. The Labute approximate surface area is 622 Å². The maximum Gasteiger partial charge on any atom is 0.311 e. The third-order valence-corrected chi connectivity index (χ3v) is 19.9. The zero-order chi connectivity index (χ0) is 77.1. The van der Waals surface area contributed by atoms with Gasteiger partial charge in [0.15, 0.2) is 28.8 Å². The number of carbonyl (C=O) groups is 9. The van der Waals surface area contributed by atoms with E-state index in [1.54, 1.807) is 6.92 Å². The van der Waals surface area contributed by atoms with E-state index in [4.69, 9.17) is 52.6 Å². The van der Waals surface area contributed by atoms with E-state index >= 15 is 28.8 Å². The first-order valence-electron chi connectivity index (χ1n) is 35.5. The summed E-state index contributed by atoms with van der Waals surface area (Å²) in [4.78, 5) is 136. The number of benzene rings is 5. The van der Waals surface area contributed by atoms with Gasteiger partial charge >= 0.3 is 5.97 Å². The van der Waals surface area contributed by atoms with E-state index in [2.05, 4.69) is 21.3 Å². The van der Waals surface area contributed by atoms with E-state index in [1.165, 1.54) is 48.5 Å². The van der Waals surface area contributed by atoms with Gasteiger partial charge < -0.3 is 96.4 Å². The van der Waals surface area contributed by atoms with Crippen molar-refractivity contribution in [1.82, 2.24) is 26.2 Å². The number of halogens is 2. The highest BCUT2D eigenvalue weighted by Gasteiger charge is 2.47. The lowest BCUT2D eigenvalue weighted by atomic mass is 9.84. The summed E-state index contributed by atoms with van der Waals surface area (Å²) >= 11 is 14.2. The molecule has 1 fully saturated rings. The van der Waals surface area contributed by atoms with Gasteiger partial charge in [-0.05, 0) is 141 Å². The minimum atomic E-state index is -2.15. The molecule has 6 heterocycles. The zero-order valence-corrected chi connectivity index (χ0v) is 61.1. The van der Waals surface area contributed by atoms with Gasteiger partial charge in [-0.3, -0.25) is 43.2 Å². The molecule has 0 spiro atoms. The minimum absolute atomic E-state index is 0.00115. The second kappa shape index (κ2) is 36.2. The molecule has 0 radical (unpaired) electrons. The van der Waals surface area contributed by atoms with Gasteiger partial charge in [0.05, 0.1) is 28.5 Å². The van der Waals surface area contributed by atoms with Crippen molar-refractivity contribution in [3.8, 4) is 57.1 Å². The summed E-state index contributed by atoms with van der Waals surface area (Å²) in [5, 5.41) is 103. The van der Waals surface area contributed by atoms with Crippen LogP contribution in [0.5, 0.6) is 46.0 Å². The number of Topliss-reactive ketones (excluding diaryl/α,β-unsaturated/α-hetero) is 3. The van der Waals surface area contributed by atoms with E-state index in [9.17, 15) is 55.2 Å². The average molecular weight is 1510 g/mol. The summed E-state index contributed by atoms with van der Waals surface area (Å²) in [5.41, 5.74) is 4.24. The number of nitrogens with two attached hydrogens (primary N) is 1. The predicted molar refractivity (Wildman–Crippen MR) is 384 cm³/mol. The van der Waals surface area contributed by atoms with Crippen molar-refractivity contribution in [3.05, 3.63) is 117 Å². The van der Waals surface area contributed by atoms with Crippen molar-refractivity contribution >= 4 is 76.1 Å². The summed E-state index contributed by atoms with van der Waals surface area (Å²) < 4.78 is 31.1. The van der Waals surface area contributed by atoms with Gasteiger partial charge in [0.25, 0.3) is 0 Å². The van der Waals surface area contributed by atoms with E-state index in [1.807, 2.05) is 39.8 Å². The predicted octanol–water partition coefficient (Wildman–Crippen LogP) is 7.06. The molecule has 30 heteroatoms. The number of nitrogens with one attached hydrogen (secondary N) is 4. The first-order valence-corrected chi connectivity index (χ1v) is 36.2. The Morgan fingerprint density at radius 2 is 1.32 bits per heavy atom. The molecule has 28 nitrogen and oxygen atoms in total. The summed E-state index contributed by atoms with van der Waals surface area (Å²) in [6.45, 7) is 7.19. The van der Waals surface area contributed by atoms with E-state index in [-0.39, 0.29) is 91.4 Å². The van der Waals surface area contributed by atoms with Crippen LogP contribution in [0.3, 0.4) is 0 Å². The SMILES string of the molecule is CCCCCCCC(=O)Oc1cc(O)c2c(c1)[C@@H](C(=O)CCCCN(C)C)NC(=O)[C@H]1NC(=O)[C@H](CC(=O)[C@@H]3NC(=O)[C@H](CC(N)=O)CC(=O)[C@H](NC(=O)[C@H](CC)CC(C)C)[C@H](O)c4ccc(c(Cl)c4)Oc4cc3cc(c4O[C@@H]3O[C@H](CO)[C@@H](O)[C@H](O)[C@H]3O)Oc3ccc(cc3Cl)[C@H]1O)c1ccc(O)c-2c1. The summed E-state index contributed by atoms with van der Waals surface area (Å²) in [6, 6.07) is 7.41. The van der Waals surface area contributed by atoms with Gasteiger partial charge in [-0.15, -0.1) is 0 Å². The van der Waals surface area contributed by atoms with E-state index < -0.39 is 192 Å². The second-order valence-electron chi connectivity index (χ2n) is 28.0. The van der Waals surface area contributed by atoms with Crippen molar-refractivity contribution in [1.29, 1.82) is 0 Å². The van der Waals surface area contributed by atoms with Gasteiger partial charge in [-0.2, -0.15) is 0 Å². The standard InChI is InChI=1S/C76H92Cl2N6O22/c1-7-9-10-11-12-16-60(92)102-43-32-46-61(51(88)33-43)45-25-38(17-20-49(45)86)44-34-53(90)62-41-29-56(103-54-21-18-39(26-47(54)77)66(93)64(82-72(98)37(8-2)24-36(3)4)52(89)28-42(31-59(79)91)73(99)80-62)71(106-76-70(97)69(96)68(95)58(35-85)105-76)57(30-41)104-55-22-19-40(27-48(55)78)67(94)65(83-74(44)100)75(101)81-63(46)50(87)15-13-14-23-84(5)6/h17-22,25-27,29-30,32-33,36-37,42,44,58,62-70,76,85-86,88,93-97H,7-16,23-24,28,31,34-35H2,1-6H3,(H2,79,91)(H,80,99)(H,81,101)(H,82,98)(H,83,100)/t37-,42+,44-,58-,62-,63+,64+,65+,66-,67-,68-,69+,70-,76+/m1/s1. The smallest absolute Gasteiger partial charge is 0.311 e. The van der Waals surface area contributed by atoms with Crippen LogP contribution in [0.15, 0.2) is 78.9 Å². The van der Waals surface area contributed by atoms with Crippen LogP contribution in [0.4, 0.5) is 0 Å². The number of phenolic OH excluding ortho intramolecular Hbond substituents is 2. The first kappa shape index (κ1) is 81.3. The lowest BCUT2D eigenvalue weighted by molar-refractivity contribution is -0.277. The molecule has 14 N–H and O–H groups in total. The number of fused-ring (bicyclic) bond motifs is 15. The fourth-order valence-electron chi connectivity index (χ4n) is 13.5. The quantitative estimate of drug-likeness (QED) is 0.0177. The number of unbranched alkanes of at least 4 members (excludes halogenated alkanes) is 5. The molecule has 0 unspecified atom stereocenters. The Hall–Kier alpha value is -8.81. The molecule has 5 aromatic rings. The molecule has 11 bridgehead atoms. The summed E-state index contributed by atoms with van der Waals surface area (Å²) in [7, 11) is 3.67. The molecule has 106 heavy (non-hydrogen) atoms. The van der Waals surface area contributed by atoms with Crippen molar-refractivity contribution in [2.24, 2.45) is 23.5 Å². The molecule has 5 aromatic carbocycles. The zero-order valence-electron chi connectivity index (χ0n) is 59.6. The van der Waals surface area contributed by atoms with E-state index in [0.717, 1.165) is 56.0 Å². The largest absolute Gasteiger partial charge is 0.507 e. The number of aromatic hydroxyl groups is 2. The van der Waals surface area contributed by atoms with E-state index in [0.29, 0.717) is 32.2 Å². The molecule has 0 saturated carbocycles. The van der Waals surface area contributed by atoms with Crippen LogP contribution >= 0.6 is 23.2 Å². The normalized spacial score (nSPS) is 24.4. The van der Waals surface area contributed by atoms with Crippen LogP contribution < -0.4 is 45.9 Å². The molecular weight excluding hydrogens is 1420 g/mol. The highest BCUT2D eigenvalue weighted by atomic mass is 35.5. The lowest BCUT2D eigenvalue weighted by Crippen LogP contribution is -2.60. The Morgan fingerprint density at radius 1 is 0.679 bits per heavy atom. The number of rotatable bonds is 23. The number of amides is 5. The molecule has 5 amide bonds. The highest BCUT2D eigenvalue weighted by molar-refractivity contribution is 6.32. The first-order chi connectivity index (χ1) is 50.4. The topological polar surface area (TPSA) is 439 Å². The van der Waals surface area contributed by atoms with Crippen LogP contribution in [0.1, 0.15) is 176 Å². The number of hydrogen-bond donors (Lipinski definition) is 13. The van der Waals surface area contributed by atoms with Gasteiger partial charge in [-0.1, -0.05) is 94.8 Å². The second-order valence-corrected chi connectivity index (χ2v) is 28.8. The van der Waals surface area contributed by atoms with Crippen molar-refractivity contribution in [3.63, 3.8) is 0 Å². The molecule has 0 aliphatic carbocycles. The average Bonchev–Trinajstić information content (AvgIpc) is 0.763. The molecule has 1 saturated heterocycles. The van der Waals surface area contributed by atoms with Crippen molar-refractivity contribution in [2.75, 3.05) is 27.2 Å². The number of primary amides is 1. The molecule has 0 aromatic heterocycles. The Morgan fingerprint density at radius 3 is 1.93 bits per heavy atom. The third kappa shape index (κ3) is 19.5. The van der Waals surface area contributed by atoms with Crippen LogP contribution in [0, 0.1) is 17.8 Å². The Balaban J connectivity index is 1.30. The fraction of sp³-hybridized carbons (Fsp3) is 0.487. The number of ketones is 3. The van der Waals surface area contributed by atoms with Crippen molar-refractivity contribution < 1.29 is 108 Å². The third-order valence-electron chi connectivity index (χ3n) is 19.3. The number of nitrogens with zero attached hydrogens (tertiary/aromatic N) is 1. The van der Waals surface area contributed by atoms with Crippen LogP contribution in [-0.2, 0) is 47.9 Å². The fourth-order valence-corrected chi connectivity index (χ4v) is 14.0. The maximum absolute atomic E-state index is 16.3. The highest BCUT2D eigenvalue weighted by Crippen LogP contribution is 2.50. The lowest BCUT2D eigenvalue weighted by Gasteiger charge is -2.39. The molecule has 14 atom stereocenters. The molecular formula is C76H92Cl2N6O22. The van der Waals surface area contributed by atoms with Crippen LogP contribution in [-0.4, -0.2) is 169 Å². The van der Waals surface area contributed by atoms with Gasteiger partial charge in [0.2, 0.25) is 41.6 Å². The Bertz CT molecular complexity index is 4100. The summed E-state index contributed by atoms with van der Waals surface area (Å²) in [5.74, 6) is -17.2. The maximum atomic E-state index is 16.3. The monoisotopic (exact) mass is 1510 g/mol. The number of esters is 1. The number of phenols is 2. The molecule has 6 aliphatic heterocycles. The Kier molecular flexibility index (Phi) is 27.7. The number of aliphatic hydroxyl groups excluding tert-OH is 6. The number of hydrogen-bond acceptors (Lipinski definition) is 23. The molecule has 6 aliphatic rings. The van der Waals surface area contributed by atoms with Gasteiger partial charge in [-0.25, -0.2) is 0 Å². The van der Waals surface area contributed by atoms with Gasteiger partial charge in [0.1, 0.15) is 89.5 Å². The molecule has 572 valence electrons. The molecule has 11 rings (SSSR count). The van der Waals surface area contributed by atoms with Gasteiger partial charge in [0, 0.05) is 55.2 Å². The minimum Gasteiger partial charge on any atom is -0.507 e. The number of ether oxygens (including phenoxy) is 5. The summed E-state index contributed by atoms with van der Waals surface area (Å²) in [6.07, 6.45) is -11.5.